The molecule has 123 valence electrons. The SMILES string of the molecule is C[NH-].C[NH-].C[NH-].F[C](F)(F)[GeH][C](F)(F)F.[Hf+4].c1cc[cH-]c1. The molecule has 0 unspecified atom stereocenters. The average Bonchev–Trinajstić information content (AvgIpc) is 2.91. The van der Waals surface area contributed by atoms with Gasteiger partial charge >= 0.3 is 77.6 Å². The maximum atomic E-state index is 10.9. The number of nitrogens with one attached hydrogen (secondary N) is 3. The van der Waals surface area contributed by atoms with Crippen LogP contribution in [0.5, 0.6) is 0 Å². The first-order valence-electron chi connectivity index (χ1n) is 4.88. The van der Waals surface area contributed by atoms with Gasteiger partial charge in [-0.3, -0.25) is 0 Å². The molecule has 11 heteroatoms. The van der Waals surface area contributed by atoms with Crippen molar-refractivity contribution < 1.29 is 52.2 Å². The van der Waals surface area contributed by atoms with Crippen molar-refractivity contribution in [2.24, 2.45) is 0 Å². The second-order valence-electron chi connectivity index (χ2n) is 2.19. The smallest absolute Gasteiger partial charge is 0.214 e. The largest absolute Gasteiger partial charge is 4.00 e. The van der Waals surface area contributed by atoms with Gasteiger partial charge in [-0.05, 0) is 0 Å². The van der Waals surface area contributed by atoms with Crippen molar-refractivity contribution in [2.45, 2.75) is 10.0 Å². The molecule has 0 spiro atoms. The summed E-state index contributed by atoms with van der Waals surface area (Å²) in [5.74, 6) is 0. The minimum absolute atomic E-state index is 0. The zero-order valence-electron chi connectivity index (χ0n) is 11.7. The molecule has 0 saturated carbocycles. The van der Waals surface area contributed by atoms with Crippen molar-refractivity contribution in [1.82, 2.24) is 0 Å². The molecule has 0 bridgehead atoms. The van der Waals surface area contributed by atoms with Crippen molar-refractivity contribution in [2.75, 3.05) is 21.1 Å². The summed E-state index contributed by atoms with van der Waals surface area (Å²) in [6.45, 7) is 0. The average molecular weight is 545 g/mol. The van der Waals surface area contributed by atoms with Crippen LogP contribution < -0.4 is 0 Å². The van der Waals surface area contributed by atoms with E-state index in [1.807, 2.05) is 30.3 Å². The second kappa shape index (κ2) is 22.5. The molecule has 21 heavy (non-hydrogen) atoms. The predicted molar refractivity (Wildman–Crippen MR) is 72.0 cm³/mol. The van der Waals surface area contributed by atoms with Gasteiger partial charge in [0, 0.05) is 0 Å². The first kappa shape index (κ1) is 33.0. The maximum absolute atomic E-state index is 10.9. The Kier molecular flexibility index (Phi) is 35.3. The third-order valence-corrected chi connectivity index (χ3v) is 2.26. The molecule has 0 aliphatic carbocycles. The molecule has 3 N–H and O–H groups in total. The molecule has 0 amide bonds. The van der Waals surface area contributed by atoms with Gasteiger partial charge in [-0.25, -0.2) is 12.1 Å². The molecule has 0 saturated heterocycles. The number of hydrogen-bond acceptors (Lipinski definition) is 0. The molecule has 1 radical (unpaired) electrons. The number of halogens is 6. The van der Waals surface area contributed by atoms with E-state index < -0.39 is 25.4 Å². The van der Waals surface area contributed by atoms with Gasteiger partial charge in [-0.1, -0.05) is 0 Å². The zero-order chi connectivity index (χ0) is 17.2. The van der Waals surface area contributed by atoms with Crippen LogP contribution in [0.1, 0.15) is 0 Å². The summed E-state index contributed by atoms with van der Waals surface area (Å²) in [5.41, 5.74) is 17.2. The Hall–Kier alpha value is 0.223. The Morgan fingerprint density at radius 3 is 1.00 bits per heavy atom. The Labute approximate surface area is 146 Å². The van der Waals surface area contributed by atoms with Crippen LogP contribution >= 0.6 is 0 Å². The summed E-state index contributed by atoms with van der Waals surface area (Å²) in [4.78, 5) is 0. The van der Waals surface area contributed by atoms with Crippen LogP contribution in [0.25, 0.3) is 17.2 Å². The van der Waals surface area contributed by atoms with E-state index in [2.05, 4.69) is 0 Å². The summed E-state index contributed by atoms with van der Waals surface area (Å²) in [6, 6.07) is 10.0. The molecule has 3 nitrogen and oxygen atoms in total. The van der Waals surface area contributed by atoms with E-state index in [0.29, 0.717) is 0 Å². The molecule has 1 rings (SSSR count). The Morgan fingerprint density at radius 2 is 0.952 bits per heavy atom. The van der Waals surface area contributed by atoms with Crippen LogP contribution in [0.2, 0.25) is 0 Å². The number of alkyl halides is 6. The molecule has 0 atom stereocenters. The van der Waals surface area contributed by atoms with Crippen molar-refractivity contribution in [3.8, 4) is 0 Å². The van der Waals surface area contributed by atoms with Gasteiger partial charge in [0.15, 0.2) is 0 Å². The zero-order valence-corrected chi connectivity index (χ0v) is 17.7. The molecule has 0 fully saturated rings. The fraction of sp³-hybridized carbons (Fsp3) is 0.500. The van der Waals surface area contributed by atoms with Gasteiger partial charge < -0.3 is 17.2 Å². The number of rotatable bonds is 0. The van der Waals surface area contributed by atoms with Crippen molar-refractivity contribution in [3.63, 3.8) is 0 Å². The van der Waals surface area contributed by atoms with E-state index >= 15 is 0 Å². The third-order valence-electron chi connectivity index (χ3n) is 0.883. The Balaban J connectivity index is -0.0000000606. The molecule has 1 aromatic rings. The molecular formula is C10H18F6GeHfN3. The monoisotopic (exact) mass is 548 g/mol. The normalized spacial score (nSPS) is 8.76. The van der Waals surface area contributed by atoms with Gasteiger partial charge in [-0.2, -0.15) is 39.3 Å². The van der Waals surface area contributed by atoms with Gasteiger partial charge in [-0.15, -0.1) is 0 Å². The fourth-order valence-corrected chi connectivity index (χ4v) is 1.29. The molecule has 0 heterocycles. The third kappa shape index (κ3) is 53.3. The van der Waals surface area contributed by atoms with E-state index in [1.165, 1.54) is 21.1 Å². The quantitative estimate of drug-likeness (QED) is 0.254. The molecule has 0 aliphatic rings. The summed E-state index contributed by atoms with van der Waals surface area (Å²) in [5, 5.41) is -9.97. The summed E-state index contributed by atoms with van der Waals surface area (Å²) in [7, 11) is 3.75. The van der Waals surface area contributed by atoms with Gasteiger partial charge in [0.25, 0.3) is 0 Å². The van der Waals surface area contributed by atoms with Crippen LogP contribution in [0.4, 0.5) is 26.3 Å². The summed E-state index contributed by atoms with van der Waals surface area (Å²) < 4.78 is 65.4. The molecule has 1 aromatic carbocycles. The van der Waals surface area contributed by atoms with Crippen LogP contribution in [0.15, 0.2) is 30.3 Å². The standard InChI is InChI=1S/C5H5.C2HF6Ge.3CH4N.Hf/c1-2-4-5-3-1;3-1(4,5)9-2(6,7)8;3*1-2;/h1-5H;9H;3*2H,1H3;/q-1;;3*-1;+4. The summed E-state index contributed by atoms with van der Waals surface area (Å²) in [6.07, 6.45) is 0. The van der Waals surface area contributed by atoms with Gasteiger partial charge in [0.1, 0.15) is 0 Å². The van der Waals surface area contributed by atoms with Crippen LogP contribution in [-0.2, 0) is 25.8 Å². The predicted octanol–water partition coefficient (Wildman–Crippen LogP) is 4.87. The van der Waals surface area contributed by atoms with Crippen LogP contribution in [0.3, 0.4) is 0 Å². The van der Waals surface area contributed by atoms with Crippen molar-refractivity contribution in [1.29, 1.82) is 0 Å². The molecule has 0 aromatic heterocycles. The summed E-state index contributed by atoms with van der Waals surface area (Å²) >= 11 is -4.06. The minimum Gasteiger partial charge on any atom is -0.214 e. The van der Waals surface area contributed by atoms with E-state index in [4.69, 9.17) is 17.2 Å². The first-order valence-corrected chi connectivity index (χ1v) is 7.30. The van der Waals surface area contributed by atoms with Crippen molar-refractivity contribution in [3.05, 3.63) is 47.5 Å². The Bertz CT molecular complexity index is 213. The van der Waals surface area contributed by atoms with Gasteiger partial charge in [0.05, 0.1) is 0 Å². The Morgan fingerprint density at radius 1 is 0.714 bits per heavy atom. The van der Waals surface area contributed by atoms with E-state index in [9.17, 15) is 26.3 Å². The fourth-order valence-electron chi connectivity index (χ4n) is 0.506. The van der Waals surface area contributed by atoms with E-state index in [0.717, 1.165) is 0 Å². The van der Waals surface area contributed by atoms with Crippen LogP contribution in [0, 0.1) is 0 Å². The second-order valence-corrected chi connectivity index (χ2v) is 5.54. The maximum Gasteiger partial charge on any atom is 4.00 e. The number of hydrogen-bond donors (Lipinski definition) is 0. The van der Waals surface area contributed by atoms with Crippen LogP contribution in [-0.4, -0.2) is 46.6 Å². The first-order chi connectivity index (χ1) is 9.21. The minimum atomic E-state index is -4.98. The molecule has 0 aliphatic heterocycles. The van der Waals surface area contributed by atoms with Gasteiger partial charge in [0.2, 0.25) is 0 Å². The van der Waals surface area contributed by atoms with Crippen molar-refractivity contribution >= 4 is 15.4 Å². The topological polar surface area (TPSA) is 71.4 Å². The van der Waals surface area contributed by atoms with E-state index in [1.54, 1.807) is 0 Å². The van der Waals surface area contributed by atoms with E-state index in [-0.39, 0.29) is 25.8 Å². The molecular weight excluding hydrogens is 527 g/mol.